The quantitative estimate of drug-likeness (QED) is 0.572. The minimum absolute atomic E-state index is 0.611. The van der Waals surface area contributed by atoms with Gasteiger partial charge in [0.25, 0.3) is 0 Å². The number of ether oxygens (including phenoxy) is 1. The topological polar surface area (TPSA) is 125 Å². The molecule has 0 aliphatic rings. The number of carboxylic acids is 1. The van der Waals surface area contributed by atoms with Crippen LogP contribution in [0.5, 0.6) is 0 Å². The van der Waals surface area contributed by atoms with Gasteiger partial charge in [0, 0.05) is 6.04 Å². The average molecular weight is 332 g/mol. The molecule has 4 N–H and O–H groups in total. The predicted molar refractivity (Wildman–Crippen MR) is 83.9 cm³/mol. The van der Waals surface area contributed by atoms with Crippen LogP contribution in [0.4, 0.5) is 4.79 Å². The second-order valence-electron chi connectivity index (χ2n) is 7.34. The average Bonchev–Trinajstić information content (AvgIpc) is 2.35. The maximum absolute atomic E-state index is 12.4. The van der Waals surface area contributed by atoms with Crippen molar-refractivity contribution in [2.24, 2.45) is 5.41 Å². The lowest BCUT2D eigenvalue weighted by Crippen LogP contribution is -2.61. The molecule has 8 heteroatoms. The number of carboxylic acid groups (broad SMARTS) is 1. The van der Waals surface area contributed by atoms with Crippen molar-refractivity contribution in [1.29, 1.82) is 0 Å². The van der Waals surface area contributed by atoms with Crippen LogP contribution in [0.3, 0.4) is 0 Å². The van der Waals surface area contributed by atoms with Gasteiger partial charge in [0.15, 0.2) is 5.54 Å². The summed E-state index contributed by atoms with van der Waals surface area (Å²) < 4.78 is 5.13. The molecular weight excluding hydrogens is 304 g/mol. The van der Waals surface area contributed by atoms with Crippen molar-refractivity contribution >= 4 is 18.0 Å². The molecule has 0 rings (SSSR count). The molecule has 0 aromatic carbocycles. The van der Waals surface area contributed by atoms with Crippen molar-refractivity contribution in [1.82, 2.24) is 10.6 Å². The number of carbonyl (C=O) groups excluding carboxylic acids is 2. The Balaban J connectivity index is 4.99. The molecule has 0 heterocycles. The highest BCUT2D eigenvalue weighted by Crippen LogP contribution is 2.23. The molecule has 0 aliphatic heterocycles. The van der Waals surface area contributed by atoms with E-state index in [1.54, 1.807) is 41.5 Å². The molecule has 2 atom stereocenters. The fourth-order valence-corrected chi connectivity index (χ4v) is 1.43. The molecule has 0 aromatic rings. The monoisotopic (exact) mass is 332 g/mol. The van der Waals surface area contributed by atoms with Crippen LogP contribution >= 0.6 is 0 Å². The Morgan fingerprint density at radius 3 is 1.91 bits per heavy atom. The molecule has 0 bridgehead atoms. The van der Waals surface area contributed by atoms with Crippen LogP contribution in [0.2, 0.25) is 0 Å². The zero-order valence-electron chi connectivity index (χ0n) is 14.8. The number of amides is 2. The Hall–Kier alpha value is -1.83. The summed E-state index contributed by atoms with van der Waals surface area (Å²) in [5.41, 5.74) is -3.59. The maximum atomic E-state index is 12.4. The Labute approximate surface area is 136 Å². The van der Waals surface area contributed by atoms with E-state index in [-0.39, 0.29) is 0 Å². The summed E-state index contributed by atoms with van der Waals surface area (Å²) in [6.45, 7) is 10.3. The summed E-state index contributed by atoms with van der Waals surface area (Å²) in [6.07, 6.45) is -0.672. The predicted octanol–water partition coefficient (Wildman–Crippen LogP) is 0.878. The van der Waals surface area contributed by atoms with Gasteiger partial charge in [0.05, 0.1) is 12.0 Å². The van der Waals surface area contributed by atoms with E-state index in [0.29, 0.717) is 0 Å². The van der Waals surface area contributed by atoms with Gasteiger partial charge < -0.3 is 25.6 Å². The molecule has 2 amide bonds. The van der Waals surface area contributed by atoms with Gasteiger partial charge in [-0.1, -0.05) is 0 Å². The second kappa shape index (κ2) is 7.16. The van der Waals surface area contributed by atoms with Crippen LogP contribution in [-0.4, -0.2) is 52.0 Å². The molecule has 0 aromatic heterocycles. The van der Waals surface area contributed by atoms with Gasteiger partial charge in [0.2, 0.25) is 5.91 Å². The highest BCUT2D eigenvalue weighted by Gasteiger charge is 2.42. The van der Waals surface area contributed by atoms with E-state index in [1.807, 2.05) is 0 Å². The van der Waals surface area contributed by atoms with Crippen molar-refractivity contribution in [3.8, 4) is 0 Å². The Bertz CT molecular complexity index is 469. The first kappa shape index (κ1) is 21.2. The van der Waals surface area contributed by atoms with Gasteiger partial charge in [-0.05, 0) is 48.5 Å². The molecule has 0 saturated carbocycles. The van der Waals surface area contributed by atoms with E-state index in [4.69, 9.17) is 9.84 Å². The van der Waals surface area contributed by atoms with E-state index in [0.717, 1.165) is 0 Å². The van der Waals surface area contributed by atoms with Crippen LogP contribution in [-0.2, 0) is 14.3 Å². The smallest absolute Gasteiger partial charge is 0.407 e. The number of aliphatic carboxylic acids is 1. The van der Waals surface area contributed by atoms with Crippen molar-refractivity contribution in [2.75, 3.05) is 6.61 Å². The standard InChI is InChI=1S/C15H28N2O6/c1-9(16-12(22)23-13(2,3)4)14(5,6)10(19)17-15(7,8-18)11(20)21/h9,18H,8H2,1-7H3,(H,16,22)(H,17,19)(H,20,21)/t9-,15?/m1/s1. The number of aliphatic hydroxyl groups excluding tert-OH is 1. The van der Waals surface area contributed by atoms with E-state index in [1.165, 1.54) is 6.92 Å². The molecule has 0 saturated heterocycles. The molecule has 0 aliphatic carbocycles. The third-order valence-corrected chi connectivity index (χ3v) is 3.58. The van der Waals surface area contributed by atoms with Gasteiger partial charge in [-0.3, -0.25) is 4.79 Å². The third kappa shape index (κ3) is 6.05. The van der Waals surface area contributed by atoms with Crippen LogP contribution in [0.25, 0.3) is 0 Å². The van der Waals surface area contributed by atoms with Crippen LogP contribution < -0.4 is 10.6 Å². The lowest BCUT2D eigenvalue weighted by Gasteiger charge is -2.35. The molecular formula is C15H28N2O6. The first-order valence-corrected chi connectivity index (χ1v) is 7.32. The zero-order chi connectivity index (χ0) is 18.6. The molecule has 134 valence electrons. The molecule has 0 spiro atoms. The number of carbonyl (C=O) groups is 3. The highest BCUT2D eigenvalue weighted by molar-refractivity contribution is 5.90. The summed E-state index contributed by atoms with van der Waals surface area (Å²) in [4.78, 5) is 35.3. The van der Waals surface area contributed by atoms with Gasteiger partial charge in [-0.15, -0.1) is 0 Å². The molecule has 0 radical (unpaired) electrons. The highest BCUT2D eigenvalue weighted by atomic mass is 16.6. The Kier molecular flexibility index (Phi) is 6.59. The minimum atomic E-state index is -1.79. The fraction of sp³-hybridized carbons (Fsp3) is 0.800. The van der Waals surface area contributed by atoms with Gasteiger partial charge >= 0.3 is 12.1 Å². The van der Waals surface area contributed by atoms with Crippen molar-refractivity contribution in [3.05, 3.63) is 0 Å². The van der Waals surface area contributed by atoms with Crippen molar-refractivity contribution in [3.63, 3.8) is 0 Å². The summed E-state index contributed by atoms with van der Waals surface area (Å²) in [6, 6.07) is -0.630. The number of rotatable bonds is 6. The van der Waals surface area contributed by atoms with Crippen molar-refractivity contribution < 1.29 is 29.3 Å². The van der Waals surface area contributed by atoms with Crippen LogP contribution in [0.15, 0.2) is 0 Å². The summed E-state index contributed by atoms with van der Waals surface area (Å²) >= 11 is 0. The normalized spacial score (nSPS) is 16.0. The van der Waals surface area contributed by atoms with E-state index in [9.17, 15) is 19.5 Å². The van der Waals surface area contributed by atoms with Crippen LogP contribution in [0.1, 0.15) is 48.5 Å². The minimum Gasteiger partial charge on any atom is -0.479 e. The molecule has 23 heavy (non-hydrogen) atoms. The Morgan fingerprint density at radius 2 is 1.57 bits per heavy atom. The van der Waals surface area contributed by atoms with Gasteiger partial charge in [-0.2, -0.15) is 0 Å². The molecule has 8 nitrogen and oxygen atoms in total. The first-order chi connectivity index (χ1) is 10.2. The summed E-state index contributed by atoms with van der Waals surface area (Å²) in [7, 11) is 0. The number of hydrogen-bond acceptors (Lipinski definition) is 5. The maximum Gasteiger partial charge on any atom is 0.407 e. The fourth-order valence-electron chi connectivity index (χ4n) is 1.43. The first-order valence-electron chi connectivity index (χ1n) is 7.32. The van der Waals surface area contributed by atoms with E-state index < -0.39 is 47.2 Å². The largest absolute Gasteiger partial charge is 0.479 e. The zero-order valence-corrected chi connectivity index (χ0v) is 14.8. The number of aliphatic hydroxyl groups is 1. The molecule has 0 fully saturated rings. The van der Waals surface area contributed by atoms with Gasteiger partial charge in [-0.25, -0.2) is 9.59 Å². The van der Waals surface area contributed by atoms with Crippen molar-refractivity contribution in [2.45, 2.75) is 65.6 Å². The number of alkyl carbamates (subject to hydrolysis) is 1. The summed E-state index contributed by atoms with van der Waals surface area (Å²) in [5, 5.41) is 23.2. The number of hydrogen-bond donors (Lipinski definition) is 4. The van der Waals surface area contributed by atoms with Crippen LogP contribution in [0, 0.1) is 5.41 Å². The van der Waals surface area contributed by atoms with Gasteiger partial charge in [0.1, 0.15) is 5.60 Å². The second-order valence-corrected chi connectivity index (χ2v) is 7.34. The summed E-state index contributed by atoms with van der Waals surface area (Å²) in [5.74, 6) is -1.96. The Morgan fingerprint density at radius 1 is 1.09 bits per heavy atom. The van der Waals surface area contributed by atoms with E-state index in [2.05, 4.69) is 10.6 Å². The number of nitrogens with one attached hydrogen (secondary N) is 2. The third-order valence-electron chi connectivity index (χ3n) is 3.58. The molecule has 1 unspecified atom stereocenters. The lowest BCUT2D eigenvalue weighted by atomic mass is 9.83. The SMILES string of the molecule is C[C@@H](NC(=O)OC(C)(C)C)C(C)(C)C(=O)NC(C)(CO)C(=O)O. The van der Waals surface area contributed by atoms with E-state index >= 15 is 0 Å². The lowest BCUT2D eigenvalue weighted by molar-refractivity contribution is -0.150.